The summed E-state index contributed by atoms with van der Waals surface area (Å²) in [5.74, 6) is 0.539. The van der Waals surface area contributed by atoms with Crippen molar-refractivity contribution in [3.63, 3.8) is 0 Å². The molecule has 2 N–H and O–H groups in total. The van der Waals surface area contributed by atoms with Crippen LogP contribution in [0.2, 0.25) is 0 Å². The molecule has 0 aromatic heterocycles. The van der Waals surface area contributed by atoms with Crippen molar-refractivity contribution in [3.05, 3.63) is 70.8 Å². The van der Waals surface area contributed by atoms with Gasteiger partial charge in [0.25, 0.3) is 0 Å². The van der Waals surface area contributed by atoms with E-state index < -0.39 is 10.0 Å². The monoisotopic (exact) mass is 374 g/mol. The zero-order valence-electron chi connectivity index (χ0n) is 16.1. The molecule has 0 spiro atoms. The van der Waals surface area contributed by atoms with Crippen molar-refractivity contribution in [3.8, 4) is 0 Å². The third-order valence-corrected chi connectivity index (χ3v) is 5.69. The SMILES string of the molecule is CC(C)NS(=O)(=O)Cc1ccccc1CNCc1ccc(C(C)C)cc1. The van der Waals surface area contributed by atoms with E-state index in [9.17, 15) is 8.42 Å². The average molecular weight is 375 g/mol. The highest BCUT2D eigenvalue weighted by Crippen LogP contribution is 2.15. The van der Waals surface area contributed by atoms with Crippen LogP contribution in [0, 0.1) is 0 Å². The van der Waals surface area contributed by atoms with Gasteiger partial charge in [0.1, 0.15) is 0 Å². The highest BCUT2D eigenvalue weighted by atomic mass is 32.2. The van der Waals surface area contributed by atoms with Crippen molar-refractivity contribution in [1.82, 2.24) is 10.0 Å². The van der Waals surface area contributed by atoms with Crippen LogP contribution < -0.4 is 10.0 Å². The lowest BCUT2D eigenvalue weighted by molar-refractivity contribution is 0.568. The lowest BCUT2D eigenvalue weighted by Gasteiger charge is -2.13. The Balaban J connectivity index is 1.97. The number of hydrogen-bond donors (Lipinski definition) is 2. The molecule has 0 unspecified atom stereocenters. The number of benzene rings is 2. The molecule has 0 aliphatic heterocycles. The largest absolute Gasteiger partial charge is 0.309 e. The molecule has 0 aliphatic carbocycles. The van der Waals surface area contributed by atoms with Gasteiger partial charge in [0.2, 0.25) is 10.0 Å². The van der Waals surface area contributed by atoms with E-state index in [1.807, 2.05) is 38.1 Å². The fourth-order valence-electron chi connectivity index (χ4n) is 2.84. The van der Waals surface area contributed by atoms with Crippen LogP contribution in [0.3, 0.4) is 0 Å². The summed E-state index contributed by atoms with van der Waals surface area (Å²) in [6.07, 6.45) is 0. The summed E-state index contributed by atoms with van der Waals surface area (Å²) in [7, 11) is -3.32. The highest BCUT2D eigenvalue weighted by Gasteiger charge is 2.15. The lowest BCUT2D eigenvalue weighted by atomic mass is 10.0. The second-order valence-electron chi connectivity index (χ2n) is 7.30. The van der Waals surface area contributed by atoms with Crippen molar-refractivity contribution >= 4 is 10.0 Å². The molecule has 2 aromatic rings. The lowest BCUT2D eigenvalue weighted by Crippen LogP contribution is -2.31. The second-order valence-corrected chi connectivity index (χ2v) is 9.05. The van der Waals surface area contributed by atoms with E-state index in [1.165, 1.54) is 11.1 Å². The predicted octanol–water partition coefficient (Wildman–Crippen LogP) is 3.93. The van der Waals surface area contributed by atoms with Crippen LogP contribution in [0.4, 0.5) is 0 Å². The fourth-order valence-corrected chi connectivity index (χ4v) is 4.33. The Morgan fingerprint density at radius 3 is 2.04 bits per heavy atom. The Labute approximate surface area is 158 Å². The van der Waals surface area contributed by atoms with E-state index in [2.05, 4.69) is 48.2 Å². The Hall–Kier alpha value is -1.69. The smallest absolute Gasteiger partial charge is 0.216 e. The van der Waals surface area contributed by atoms with E-state index in [0.717, 1.165) is 17.7 Å². The minimum atomic E-state index is -3.32. The minimum absolute atomic E-state index is 0.00607. The Bertz CT molecular complexity index is 797. The van der Waals surface area contributed by atoms with Gasteiger partial charge < -0.3 is 5.32 Å². The quantitative estimate of drug-likeness (QED) is 0.699. The third-order valence-electron chi connectivity index (χ3n) is 4.17. The zero-order valence-corrected chi connectivity index (χ0v) is 16.9. The van der Waals surface area contributed by atoms with Crippen LogP contribution in [0.5, 0.6) is 0 Å². The second kappa shape index (κ2) is 9.31. The molecule has 4 nitrogen and oxygen atoms in total. The van der Waals surface area contributed by atoms with Crippen molar-refractivity contribution < 1.29 is 8.42 Å². The summed E-state index contributed by atoms with van der Waals surface area (Å²) in [6.45, 7) is 9.42. The molecule has 26 heavy (non-hydrogen) atoms. The maximum atomic E-state index is 12.2. The minimum Gasteiger partial charge on any atom is -0.309 e. The Kier molecular flexibility index (Phi) is 7.38. The number of nitrogens with one attached hydrogen (secondary N) is 2. The normalized spacial score (nSPS) is 12.1. The van der Waals surface area contributed by atoms with Crippen molar-refractivity contribution in [2.24, 2.45) is 0 Å². The Morgan fingerprint density at radius 2 is 1.46 bits per heavy atom. The molecular formula is C21H30N2O2S. The van der Waals surface area contributed by atoms with Gasteiger partial charge >= 0.3 is 0 Å². The topological polar surface area (TPSA) is 58.2 Å². The molecule has 0 heterocycles. The van der Waals surface area contributed by atoms with Crippen LogP contribution in [-0.4, -0.2) is 14.5 Å². The van der Waals surface area contributed by atoms with Gasteiger partial charge in [-0.3, -0.25) is 0 Å². The molecule has 2 aromatic carbocycles. The third kappa shape index (κ3) is 6.56. The van der Waals surface area contributed by atoms with Gasteiger partial charge in [-0.2, -0.15) is 0 Å². The highest BCUT2D eigenvalue weighted by molar-refractivity contribution is 7.88. The molecule has 0 saturated carbocycles. The summed E-state index contributed by atoms with van der Waals surface area (Å²) in [6, 6.07) is 16.2. The van der Waals surface area contributed by atoms with Crippen LogP contribution in [0.15, 0.2) is 48.5 Å². The maximum absolute atomic E-state index is 12.2. The number of hydrogen-bond acceptors (Lipinski definition) is 3. The van der Waals surface area contributed by atoms with Gasteiger partial charge in [-0.1, -0.05) is 62.4 Å². The molecule has 0 aliphatic rings. The summed E-state index contributed by atoms with van der Waals surface area (Å²) < 4.78 is 27.1. The van der Waals surface area contributed by atoms with Crippen molar-refractivity contribution in [2.45, 2.75) is 58.5 Å². The number of sulfonamides is 1. The van der Waals surface area contributed by atoms with Crippen molar-refractivity contribution in [2.75, 3.05) is 0 Å². The van der Waals surface area contributed by atoms with Crippen LogP contribution >= 0.6 is 0 Å². The van der Waals surface area contributed by atoms with Gasteiger partial charge in [0.15, 0.2) is 0 Å². The van der Waals surface area contributed by atoms with Crippen LogP contribution in [0.25, 0.3) is 0 Å². The van der Waals surface area contributed by atoms with Gasteiger partial charge in [-0.25, -0.2) is 13.1 Å². The molecule has 0 fully saturated rings. The molecular weight excluding hydrogens is 344 g/mol. The molecule has 0 bridgehead atoms. The van der Waals surface area contributed by atoms with E-state index in [4.69, 9.17) is 0 Å². The van der Waals surface area contributed by atoms with Crippen molar-refractivity contribution in [1.29, 1.82) is 0 Å². The van der Waals surface area contributed by atoms with Gasteiger partial charge in [-0.05, 0) is 42.0 Å². The van der Waals surface area contributed by atoms with E-state index >= 15 is 0 Å². The average Bonchev–Trinajstić information content (AvgIpc) is 2.55. The predicted molar refractivity (Wildman–Crippen MR) is 108 cm³/mol. The number of rotatable bonds is 9. The Morgan fingerprint density at radius 1 is 0.846 bits per heavy atom. The first-order valence-electron chi connectivity index (χ1n) is 9.13. The summed E-state index contributed by atoms with van der Waals surface area (Å²) in [4.78, 5) is 0. The van der Waals surface area contributed by atoms with Crippen LogP contribution in [-0.2, 0) is 28.9 Å². The van der Waals surface area contributed by atoms with E-state index in [0.29, 0.717) is 12.5 Å². The van der Waals surface area contributed by atoms with Crippen LogP contribution in [0.1, 0.15) is 55.9 Å². The molecule has 142 valence electrons. The van der Waals surface area contributed by atoms with Gasteiger partial charge in [-0.15, -0.1) is 0 Å². The van der Waals surface area contributed by atoms with E-state index in [-0.39, 0.29) is 11.8 Å². The summed E-state index contributed by atoms with van der Waals surface area (Å²) in [5.41, 5.74) is 4.41. The first kappa shape index (κ1) is 20.6. The fraction of sp³-hybridized carbons (Fsp3) is 0.429. The van der Waals surface area contributed by atoms with Gasteiger partial charge in [0.05, 0.1) is 5.75 Å². The summed E-state index contributed by atoms with van der Waals surface area (Å²) >= 11 is 0. The van der Waals surface area contributed by atoms with E-state index in [1.54, 1.807) is 0 Å². The molecule has 2 rings (SSSR count). The first-order valence-corrected chi connectivity index (χ1v) is 10.8. The molecule has 0 atom stereocenters. The molecule has 0 amide bonds. The molecule has 5 heteroatoms. The molecule has 0 saturated heterocycles. The first-order chi connectivity index (χ1) is 12.3. The maximum Gasteiger partial charge on any atom is 0.216 e. The summed E-state index contributed by atoms with van der Waals surface area (Å²) in [5, 5.41) is 3.42. The van der Waals surface area contributed by atoms with Gasteiger partial charge in [0, 0.05) is 19.1 Å². The standard InChI is InChI=1S/C21H30N2O2S/c1-16(2)19-11-9-18(10-12-19)13-22-14-20-7-5-6-8-21(20)15-26(24,25)23-17(3)4/h5-12,16-17,22-23H,13-15H2,1-4H3. The zero-order chi connectivity index (χ0) is 19.2. The molecule has 0 radical (unpaired) electrons.